The van der Waals surface area contributed by atoms with Crippen LogP contribution in [0.15, 0.2) is 23.4 Å². The molecule has 2 aliphatic rings. The molecule has 2 aromatic rings. The number of tetrazole rings is 1. The molecule has 6 heteroatoms. The lowest BCUT2D eigenvalue weighted by atomic mass is 10.0. The first-order chi connectivity index (χ1) is 10.7. The maximum absolute atomic E-state index is 12.7. The smallest absolute Gasteiger partial charge is 0.210 e. The highest BCUT2D eigenvalue weighted by atomic mass is 32.2. The van der Waals surface area contributed by atoms with Crippen molar-refractivity contribution in [3.63, 3.8) is 0 Å². The molecule has 1 fully saturated rings. The molecule has 1 heterocycles. The molecule has 4 rings (SSSR count). The van der Waals surface area contributed by atoms with Crippen molar-refractivity contribution in [1.82, 2.24) is 20.2 Å². The van der Waals surface area contributed by atoms with Crippen molar-refractivity contribution in [3.8, 4) is 0 Å². The quantitative estimate of drug-likeness (QED) is 0.627. The molecular formula is C16H18N4OS. The standard InChI is InChI=1S/C16H18N4OS/c1-10(22-16-17-18-19-20(16)14-7-8-14)15(21)13-6-5-11-3-2-4-12(11)9-13/h5-6,9-10,14H,2-4,7-8H2,1H3. The van der Waals surface area contributed by atoms with Gasteiger partial charge in [-0.1, -0.05) is 23.9 Å². The molecule has 1 unspecified atom stereocenters. The van der Waals surface area contributed by atoms with Crippen molar-refractivity contribution in [3.05, 3.63) is 34.9 Å². The van der Waals surface area contributed by atoms with Gasteiger partial charge in [0.05, 0.1) is 11.3 Å². The van der Waals surface area contributed by atoms with Crippen molar-refractivity contribution >= 4 is 17.5 Å². The number of rotatable bonds is 5. The first-order valence-corrected chi connectivity index (χ1v) is 8.71. The largest absolute Gasteiger partial charge is 0.293 e. The van der Waals surface area contributed by atoms with Gasteiger partial charge in [0.15, 0.2) is 5.78 Å². The summed E-state index contributed by atoms with van der Waals surface area (Å²) in [5.74, 6) is 0.157. The van der Waals surface area contributed by atoms with E-state index in [1.54, 1.807) is 0 Å². The minimum atomic E-state index is -0.178. The molecule has 5 nitrogen and oxygen atoms in total. The summed E-state index contributed by atoms with van der Waals surface area (Å²) in [6.07, 6.45) is 5.70. The topological polar surface area (TPSA) is 60.7 Å². The van der Waals surface area contributed by atoms with Gasteiger partial charge < -0.3 is 0 Å². The second-order valence-corrected chi connectivity index (χ2v) is 7.41. The summed E-state index contributed by atoms with van der Waals surface area (Å²) in [5.41, 5.74) is 3.55. The lowest BCUT2D eigenvalue weighted by molar-refractivity contribution is 0.0993. The second kappa shape index (κ2) is 5.50. The molecule has 22 heavy (non-hydrogen) atoms. The highest BCUT2D eigenvalue weighted by Crippen LogP contribution is 2.37. The van der Waals surface area contributed by atoms with Gasteiger partial charge in [-0.25, -0.2) is 4.68 Å². The number of fused-ring (bicyclic) bond motifs is 1. The Balaban J connectivity index is 1.51. The fourth-order valence-corrected chi connectivity index (χ4v) is 3.92. The van der Waals surface area contributed by atoms with E-state index in [2.05, 4.69) is 27.7 Å². The van der Waals surface area contributed by atoms with E-state index >= 15 is 0 Å². The van der Waals surface area contributed by atoms with Gasteiger partial charge in [-0.05, 0) is 66.6 Å². The fourth-order valence-electron chi connectivity index (χ4n) is 2.98. The predicted molar refractivity (Wildman–Crippen MR) is 84.2 cm³/mol. The zero-order valence-electron chi connectivity index (χ0n) is 12.5. The lowest BCUT2D eigenvalue weighted by Gasteiger charge is -2.11. The summed E-state index contributed by atoms with van der Waals surface area (Å²) in [6.45, 7) is 1.94. The van der Waals surface area contributed by atoms with Gasteiger partial charge in [0, 0.05) is 5.56 Å². The van der Waals surface area contributed by atoms with Crippen molar-refractivity contribution in [2.75, 3.05) is 0 Å². The SMILES string of the molecule is CC(Sc1nnnn1C1CC1)C(=O)c1ccc2c(c1)CCC2. The van der Waals surface area contributed by atoms with Gasteiger partial charge in [-0.2, -0.15) is 0 Å². The molecule has 0 saturated heterocycles. The number of carbonyl (C=O) groups is 1. The molecule has 0 radical (unpaired) electrons. The van der Waals surface area contributed by atoms with Crippen LogP contribution in [0, 0.1) is 0 Å². The summed E-state index contributed by atoms with van der Waals surface area (Å²) in [4.78, 5) is 12.7. The van der Waals surface area contributed by atoms with Crippen LogP contribution in [0.1, 0.15) is 53.7 Å². The lowest BCUT2D eigenvalue weighted by Crippen LogP contribution is -2.15. The highest BCUT2D eigenvalue weighted by Gasteiger charge is 2.29. The molecule has 1 saturated carbocycles. The fraction of sp³-hybridized carbons (Fsp3) is 0.500. The number of hydrogen-bond donors (Lipinski definition) is 0. The van der Waals surface area contributed by atoms with Crippen molar-refractivity contribution in [1.29, 1.82) is 0 Å². The van der Waals surface area contributed by atoms with Gasteiger partial charge in [0.25, 0.3) is 0 Å². The Morgan fingerprint density at radius 2 is 2.14 bits per heavy atom. The van der Waals surface area contributed by atoms with Crippen LogP contribution in [0.5, 0.6) is 0 Å². The Hall–Kier alpha value is -1.69. The van der Waals surface area contributed by atoms with E-state index in [0.29, 0.717) is 6.04 Å². The molecule has 0 amide bonds. The predicted octanol–water partition coefficient (Wildman–Crippen LogP) is 2.86. The van der Waals surface area contributed by atoms with Crippen molar-refractivity contribution < 1.29 is 4.79 Å². The zero-order chi connectivity index (χ0) is 15.1. The van der Waals surface area contributed by atoms with Crippen LogP contribution in [0.2, 0.25) is 0 Å². The third kappa shape index (κ3) is 2.56. The molecule has 0 N–H and O–H groups in total. The molecule has 114 valence electrons. The minimum absolute atomic E-state index is 0.157. The number of benzene rings is 1. The molecule has 1 atom stereocenters. The highest BCUT2D eigenvalue weighted by molar-refractivity contribution is 8.00. The number of nitrogens with zero attached hydrogens (tertiary/aromatic N) is 4. The van der Waals surface area contributed by atoms with E-state index < -0.39 is 0 Å². The van der Waals surface area contributed by atoms with Crippen LogP contribution in [0.25, 0.3) is 0 Å². The molecule has 1 aromatic carbocycles. The van der Waals surface area contributed by atoms with Crippen LogP contribution in [-0.4, -0.2) is 31.2 Å². The number of carbonyl (C=O) groups excluding carboxylic acids is 1. The van der Waals surface area contributed by atoms with Crippen LogP contribution in [-0.2, 0) is 12.8 Å². The summed E-state index contributed by atoms with van der Waals surface area (Å²) in [6, 6.07) is 6.58. The van der Waals surface area contributed by atoms with Gasteiger partial charge in [-0.15, -0.1) is 5.10 Å². The Morgan fingerprint density at radius 3 is 2.95 bits per heavy atom. The van der Waals surface area contributed by atoms with Crippen LogP contribution in [0.4, 0.5) is 0 Å². The Kier molecular flexibility index (Phi) is 3.48. The first-order valence-electron chi connectivity index (χ1n) is 7.83. The number of Topliss-reactive ketones (excluding diaryl/α,β-unsaturated/α-hetero) is 1. The van der Waals surface area contributed by atoms with Gasteiger partial charge in [0.1, 0.15) is 0 Å². The zero-order valence-corrected chi connectivity index (χ0v) is 13.3. The average Bonchev–Trinajstić information content (AvgIpc) is 3.09. The van der Waals surface area contributed by atoms with Crippen LogP contribution < -0.4 is 0 Å². The average molecular weight is 314 g/mol. The van der Waals surface area contributed by atoms with Crippen molar-refractivity contribution in [2.24, 2.45) is 0 Å². The van der Waals surface area contributed by atoms with E-state index in [1.807, 2.05) is 17.7 Å². The Labute approximate surface area is 133 Å². The summed E-state index contributed by atoms with van der Waals surface area (Å²) >= 11 is 1.46. The van der Waals surface area contributed by atoms with E-state index in [0.717, 1.165) is 36.4 Å². The normalized spacial score (nSPS) is 18.2. The molecule has 0 spiro atoms. The van der Waals surface area contributed by atoms with Gasteiger partial charge >= 0.3 is 0 Å². The van der Waals surface area contributed by atoms with E-state index in [1.165, 1.54) is 29.3 Å². The summed E-state index contributed by atoms with van der Waals surface area (Å²) < 4.78 is 1.86. The summed E-state index contributed by atoms with van der Waals surface area (Å²) in [7, 11) is 0. The third-order valence-electron chi connectivity index (χ3n) is 4.39. The first kappa shape index (κ1) is 13.9. The number of aryl methyl sites for hydroxylation is 2. The number of hydrogen-bond acceptors (Lipinski definition) is 5. The Bertz CT molecular complexity index is 723. The van der Waals surface area contributed by atoms with E-state index in [9.17, 15) is 4.79 Å². The molecule has 0 bridgehead atoms. The number of ketones is 1. The summed E-state index contributed by atoms with van der Waals surface area (Å²) in [5, 5.41) is 12.4. The van der Waals surface area contributed by atoms with E-state index in [-0.39, 0.29) is 11.0 Å². The molecule has 2 aliphatic carbocycles. The monoisotopic (exact) mass is 314 g/mol. The Morgan fingerprint density at radius 1 is 1.32 bits per heavy atom. The van der Waals surface area contributed by atoms with Crippen LogP contribution in [0.3, 0.4) is 0 Å². The molecular weight excluding hydrogens is 296 g/mol. The molecule has 0 aliphatic heterocycles. The number of thioether (sulfide) groups is 1. The van der Waals surface area contributed by atoms with Gasteiger partial charge in [-0.3, -0.25) is 4.79 Å². The molecule has 1 aromatic heterocycles. The minimum Gasteiger partial charge on any atom is -0.293 e. The second-order valence-electron chi connectivity index (χ2n) is 6.10. The maximum Gasteiger partial charge on any atom is 0.210 e. The van der Waals surface area contributed by atoms with Crippen LogP contribution >= 0.6 is 11.8 Å². The van der Waals surface area contributed by atoms with Gasteiger partial charge in [0.2, 0.25) is 5.16 Å². The maximum atomic E-state index is 12.7. The number of aromatic nitrogens is 4. The van der Waals surface area contributed by atoms with E-state index in [4.69, 9.17) is 0 Å². The van der Waals surface area contributed by atoms with Crippen molar-refractivity contribution in [2.45, 2.75) is 55.5 Å². The third-order valence-corrected chi connectivity index (χ3v) is 5.44.